The maximum atomic E-state index is 12.3. The zero-order valence-corrected chi connectivity index (χ0v) is 12.8. The van der Waals surface area contributed by atoms with Crippen LogP contribution in [0.5, 0.6) is 11.5 Å². The van der Waals surface area contributed by atoms with Crippen LogP contribution in [-0.4, -0.2) is 32.6 Å². The summed E-state index contributed by atoms with van der Waals surface area (Å²) in [5, 5.41) is 3.30. The number of fused-ring (bicyclic) bond motifs is 1. The van der Waals surface area contributed by atoms with Gasteiger partial charge in [-0.1, -0.05) is 25.4 Å². The first-order valence-electron chi connectivity index (χ1n) is 6.86. The second kappa shape index (κ2) is 6.46. The zero-order chi connectivity index (χ0) is 14.7. The summed E-state index contributed by atoms with van der Waals surface area (Å²) >= 11 is 6.31. The summed E-state index contributed by atoms with van der Waals surface area (Å²) in [6.45, 7) is 5.49. The van der Waals surface area contributed by atoms with Gasteiger partial charge in [-0.25, -0.2) is 0 Å². The SMILES string of the molecule is CNCC(=O)c1c(Cl)cc2c(c1C(C)C)OCCCO2. The number of benzene rings is 1. The van der Waals surface area contributed by atoms with Gasteiger partial charge >= 0.3 is 0 Å². The van der Waals surface area contributed by atoms with Crippen LogP contribution in [0.1, 0.15) is 42.1 Å². The van der Waals surface area contributed by atoms with Gasteiger partial charge < -0.3 is 14.8 Å². The van der Waals surface area contributed by atoms with Crippen LogP contribution in [0, 0.1) is 0 Å². The van der Waals surface area contributed by atoms with Crippen molar-refractivity contribution in [3.05, 3.63) is 22.2 Å². The molecule has 1 aliphatic rings. The number of halogens is 1. The van der Waals surface area contributed by atoms with Gasteiger partial charge in [0.25, 0.3) is 0 Å². The molecule has 2 rings (SSSR count). The van der Waals surface area contributed by atoms with E-state index in [2.05, 4.69) is 5.32 Å². The fourth-order valence-corrected chi connectivity index (χ4v) is 2.69. The second-order valence-corrected chi connectivity index (χ2v) is 5.54. The van der Waals surface area contributed by atoms with Crippen molar-refractivity contribution in [1.29, 1.82) is 0 Å². The predicted molar refractivity (Wildman–Crippen MR) is 79.4 cm³/mol. The number of nitrogens with one attached hydrogen (secondary N) is 1. The Bertz CT molecular complexity index is 514. The van der Waals surface area contributed by atoms with Gasteiger partial charge in [-0.15, -0.1) is 0 Å². The molecule has 0 saturated heterocycles. The lowest BCUT2D eigenvalue weighted by Crippen LogP contribution is -2.21. The van der Waals surface area contributed by atoms with Gasteiger partial charge in [-0.2, -0.15) is 0 Å². The fraction of sp³-hybridized carbons (Fsp3) is 0.533. The molecule has 4 nitrogen and oxygen atoms in total. The van der Waals surface area contributed by atoms with Crippen molar-refractivity contribution < 1.29 is 14.3 Å². The summed E-state index contributed by atoms with van der Waals surface area (Å²) in [4.78, 5) is 12.3. The summed E-state index contributed by atoms with van der Waals surface area (Å²) in [6, 6.07) is 1.69. The number of carbonyl (C=O) groups is 1. The van der Waals surface area contributed by atoms with Gasteiger partial charge in [-0.05, 0) is 13.0 Å². The number of carbonyl (C=O) groups excluding carboxylic acids is 1. The minimum atomic E-state index is -0.0307. The number of likely N-dealkylation sites (N-methyl/N-ethyl adjacent to an activating group) is 1. The molecule has 0 spiro atoms. The first-order chi connectivity index (χ1) is 9.56. The smallest absolute Gasteiger partial charge is 0.178 e. The van der Waals surface area contributed by atoms with Gasteiger partial charge in [0.15, 0.2) is 17.3 Å². The van der Waals surface area contributed by atoms with E-state index in [1.165, 1.54) is 0 Å². The van der Waals surface area contributed by atoms with E-state index < -0.39 is 0 Å². The molecule has 20 heavy (non-hydrogen) atoms. The topological polar surface area (TPSA) is 47.6 Å². The Kier molecular flexibility index (Phi) is 4.89. The highest BCUT2D eigenvalue weighted by molar-refractivity contribution is 6.34. The van der Waals surface area contributed by atoms with Crippen LogP contribution in [0.4, 0.5) is 0 Å². The lowest BCUT2D eigenvalue weighted by atomic mass is 9.93. The molecule has 0 radical (unpaired) electrons. The first-order valence-corrected chi connectivity index (χ1v) is 7.23. The molecule has 0 bridgehead atoms. The molecule has 0 fully saturated rings. The van der Waals surface area contributed by atoms with Crippen LogP contribution in [0.25, 0.3) is 0 Å². The molecule has 0 aromatic heterocycles. The van der Waals surface area contributed by atoms with Gasteiger partial charge in [0, 0.05) is 23.6 Å². The van der Waals surface area contributed by atoms with E-state index in [9.17, 15) is 4.79 Å². The average Bonchev–Trinajstić information content (AvgIpc) is 2.61. The number of hydrogen-bond donors (Lipinski definition) is 1. The highest BCUT2D eigenvalue weighted by Gasteiger charge is 2.26. The summed E-state index contributed by atoms with van der Waals surface area (Å²) in [7, 11) is 1.74. The Morgan fingerprint density at radius 3 is 2.75 bits per heavy atom. The molecule has 1 aromatic rings. The summed E-state index contributed by atoms with van der Waals surface area (Å²) in [5.74, 6) is 1.40. The normalized spacial score (nSPS) is 14.2. The third kappa shape index (κ3) is 2.91. The van der Waals surface area contributed by atoms with Gasteiger partial charge in [-0.3, -0.25) is 4.79 Å². The van der Waals surface area contributed by atoms with Crippen molar-refractivity contribution in [3.63, 3.8) is 0 Å². The van der Waals surface area contributed by atoms with Crippen LogP contribution in [-0.2, 0) is 0 Å². The van der Waals surface area contributed by atoms with E-state index in [1.807, 2.05) is 13.8 Å². The standard InChI is InChI=1S/C15H20ClNO3/c1-9(2)13-14(11(18)8-17-3)10(16)7-12-15(13)20-6-4-5-19-12/h7,9,17H,4-6,8H2,1-3H3. The Balaban J connectivity index is 2.61. The van der Waals surface area contributed by atoms with E-state index >= 15 is 0 Å². The van der Waals surface area contributed by atoms with Crippen LogP contribution >= 0.6 is 11.6 Å². The largest absolute Gasteiger partial charge is 0.489 e. The summed E-state index contributed by atoms with van der Waals surface area (Å²) < 4.78 is 11.5. The quantitative estimate of drug-likeness (QED) is 0.868. The maximum Gasteiger partial charge on any atom is 0.178 e. The van der Waals surface area contributed by atoms with Crippen molar-refractivity contribution in [2.75, 3.05) is 26.8 Å². The van der Waals surface area contributed by atoms with Crippen LogP contribution in [0.15, 0.2) is 6.07 Å². The average molecular weight is 298 g/mol. The molecule has 0 amide bonds. The Morgan fingerprint density at radius 1 is 1.40 bits per heavy atom. The lowest BCUT2D eigenvalue weighted by molar-refractivity contribution is 0.0992. The molecule has 1 aromatic carbocycles. The van der Waals surface area contributed by atoms with Gasteiger partial charge in [0.05, 0.1) is 24.8 Å². The van der Waals surface area contributed by atoms with Gasteiger partial charge in [0.1, 0.15) is 0 Å². The Labute approximate surface area is 124 Å². The van der Waals surface area contributed by atoms with Crippen LogP contribution in [0.3, 0.4) is 0 Å². The highest BCUT2D eigenvalue weighted by atomic mass is 35.5. The molecular weight excluding hydrogens is 278 g/mol. The Hall–Kier alpha value is -1.26. The number of hydrogen-bond acceptors (Lipinski definition) is 4. The number of Topliss-reactive ketones (excluding diaryl/α,β-unsaturated/α-hetero) is 1. The molecule has 110 valence electrons. The zero-order valence-electron chi connectivity index (χ0n) is 12.1. The van der Waals surface area contributed by atoms with Crippen molar-refractivity contribution >= 4 is 17.4 Å². The third-order valence-electron chi connectivity index (χ3n) is 3.22. The number of ether oxygens (including phenoxy) is 2. The molecule has 0 aliphatic carbocycles. The van der Waals surface area contributed by atoms with Crippen molar-refractivity contribution in [3.8, 4) is 11.5 Å². The molecule has 0 unspecified atom stereocenters. The van der Waals surface area contributed by atoms with E-state index in [4.69, 9.17) is 21.1 Å². The third-order valence-corrected chi connectivity index (χ3v) is 3.52. The molecule has 1 aliphatic heterocycles. The molecule has 1 N–H and O–H groups in total. The van der Waals surface area contributed by atoms with E-state index in [0.717, 1.165) is 12.0 Å². The number of ketones is 1. The molecule has 0 saturated carbocycles. The molecule has 5 heteroatoms. The second-order valence-electron chi connectivity index (χ2n) is 5.13. The first kappa shape index (κ1) is 15.1. The van der Waals surface area contributed by atoms with Gasteiger partial charge in [0.2, 0.25) is 0 Å². The van der Waals surface area contributed by atoms with Crippen molar-refractivity contribution in [2.45, 2.75) is 26.2 Å². The lowest BCUT2D eigenvalue weighted by Gasteiger charge is -2.20. The minimum absolute atomic E-state index is 0.0307. The van der Waals surface area contributed by atoms with Crippen molar-refractivity contribution in [1.82, 2.24) is 5.32 Å². The van der Waals surface area contributed by atoms with Crippen LogP contribution in [0.2, 0.25) is 5.02 Å². The Morgan fingerprint density at radius 2 is 2.10 bits per heavy atom. The number of rotatable bonds is 4. The monoisotopic (exact) mass is 297 g/mol. The molecule has 0 atom stereocenters. The van der Waals surface area contributed by atoms with E-state index in [-0.39, 0.29) is 18.2 Å². The summed E-state index contributed by atoms with van der Waals surface area (Å²) in [5.41, 5.74) is 1.38. The maximum absolute atomic E-state index is 12.3. The minimum Gasteiger partial charge on any atom is -0.489 e. The highest BCUT2D eigenvalue weighted by Crippen LogP contribution is 2.43. The molecule has 1 heterocycles. The van der Waals surface area contributed by atoms with E-state index in [0.29, 0.717) is 35.3 Å². The summed E-state index contributed by atoms with van der Waals surface area (Å²) in [6.07, 6.45) is 0.823. The fourth-order valence-electron chi connectivity index (χ4n) is 2.38. The molecular formula is C15H20ClNO3. The van der Waals surface area contributed by atoms with E-state index in [1.54, 1.807) is 13.1 Å². The van der Waals surface area contributed by atoms with Crippen molar-refractivity contribution in [2.24, 2.45) is 0 Å². The predicted octanol–water partition coefficient (Wildman–Crippen LogP) is 3.03. The van der Waals surface area contributed by atoms with Crippen LogP contribution < -0.4 is 14.8 Å².